The minimum absolute atomic E-state index is 0.00277. The topological polar surface area (TPSA) is 43.4 Å². The second-order valence-electron chi connectivity index (χ2n) is 10.7. The fourth-order valence-electron chi connectivity index (χ4n) is 5.81. The van der Waals surface area contributed by atoms with Crippen molar-refractivity contribution in [3.05, 3.63) is 107 Å². The number of rotatable bonds is 8. The van der Waals surface area contributed by atoms with Gasteiger partial charge in [-0.15, -0.1) is 8.78 Å². The number of pyridine rings is 1. The zero-order chi connectivity index (χ0) is 27.6. The van der Waals surface area contributed by atoms with E-state index in [0.717, 1.165) is 61.2 Å². The molecular weight excluding hydrogens is 494 g/mol. The molecule has 39 heavy (non-hydrogen) atoms. The number of hydrogen-bond donors (Lipinski definition) is 1. The molecule has 1 unspecified atom stereocenters. The zero-order valence-corrected chi connectivity index (χ0v) is 22.7. The maximum absolute atomic E-state index is 13.7. The lowest BCUT2D eigenvalue weighted by molar-refractivity contribution is -0.335. The van der Waals surface area contributed by atoms with Crippen LogP contribution in [0.3, 0.4) is 0 Å². The number of ether oxygens (including phenoxy) is 2. The first-order valence-corrected chi connectivity index (χ1v) is 13.7. The SMILES string of the molecule is C=CC1=C(/C=C(\C)C2(C(=C)CNc3cc4c(c(/C5=C/C=C\C/C=C\C5C)n3)CCC=C4)CCC2)OC(F)(F)O1. The predicted octanol–water partition coefficient (Wildman–Crippen LogP) is 8.66. The Morgan fingerprint density at radius 2 is 2.00 bits per heavy atom. The van der Waals surface area contributed by atoms with Gasteiger partial charge in [-0.2, -0.15) is 0 Å². The van der Waals surface area contributed by atoms with Crippen molar-refractivity contribution in [1.82, 2.24) is 4.98 Å². The third-order valence-electron chi connectivity index (χ3n) is 8.25. The molecule has 204 valence electrons. The molecule has 1 N–H and O–H groups in total. The number of fused-ring (bicyclic) bond motifs is 1. The van der Waals surface area contributed by atoms with E-state index in [1.54, 1.807) is 6.08 Å². The van der Waals surface area contributed by atoms with Crippen LogP contribution in [0.25, 0.3) is 11.6 Å². The minimum atomic E-state index is -3.68. The molecule has 6 heteroatoms. The van der Waals surface area contributed by atoms with Crippen LogP contribution in [-0.4, -0.2) is 17.8 Å². The van der Waals surface area contributed by atoms with Crippen LogP contribution in [0.15, 0.2) is 90.5 Å². The van der Waals surface area contributed by atoms with Crippen molar-refractivity contribution in [2.45, 2.75) is 58.7 Å². The summed E-state index contributed by atoms with van der Waals surface area (Å²) in [4.78, 5) is 5.12. The monoisotopic (exact) mass is 530 g/mol. The van der Waals surface area contributed by atoms with E-state index >= 15 is 0 Å². The summed E-state index contributed by atoms with van der Waals surface area (Å²) in [5.74, 6) is 1.01. The Bertz CT molecular complexity index is 1360. The highest BCUT2D eigenvalue weighted by Crippen LogP contribution is 2.52. The molecule has 0 saturated heterocycles. The molecule has 1 fully saturated rings. The highest BCUT2D eigenvalue weighted by atomic mass is 19.3. The van der Waals surface area contributed by atoms with Gasteiger partial charge in [-0.3, -0.25) is 0 Å². The summed E-state index contributed by atoms with van der Waals surface area (Å²) in [5.41, 5.74) is 6.37. The number of nitrogens with zero attached hydrogens (tertiary/aromatic N) is 1. The standard InChI is InChI=1S/C33H36F2N2O2/c1-5-28-29(39-33(34,35)38-28)19-23(3)32(17-12-18-32)24(4)21-36-30-20-25-14-10-11-16-27(25)31(37-30)26-15-9-7-6-8-13-22(26)2/h5,7-10,13-15,19-20,22H,1,4,6,11-12,16-18,21H2,2-3H3,(H,36,37)/b9-7-,13-8-,23-19+,26-15+. The van der Waals surface area contributed by atoms with Crippen molar-refractivity contribution in [3.8, 4) is 0 Å². The zero-order valence-electron chi connectivity index (χ0n) is 22.7. The van der Waals surface area contributed by atoms with Gasteiger partial charge in [0, 0.05) is 17.9 Å². The van der Waals surface area contributed by atoms with E-state index in [9.17, 15) is 8.78 Å². The van der Waals surface area contributed by atoms with E-state index in [0.29, 0.717) is 6.54 Å². The molecule has 2 heterocycles. The van der Waals surface area contributed by atoms with E-state index in [4.69, 9.17) is 9.72 Å². The number of nitrogens with one attached hydrogen (secondary N) is 1. The highest BCUT2D eigenvalue weighted by molar-refractivity contribution is 5.76. The van der Waals surface area contributed by atoms with Gasteiger partial charge in [-0.05, 0) is 79.5 Å². The average Bonchev–Trinajstić information content (AvgIpc) is 3.17. The predicted molar refractivity (Wildman–Crippen MR) is 154 cm³/mol. The second-order valence-corrected chi connectivity index (χ2v) is 10.7. The Kier molecular flexibility index (Phi) is 7.48. The fourth-order valence-corrected chi connectivity index (χ4v) is 5.81. The van der Waals surface area contributed by atoms with Gasteiger partial charge < -0.3 is 14.8 Å². The van der Waals surface area contributed by atoms with Gasteiger partial charge in [0.05, 0.1) is 5.69 Å². The van der Waals surface area contributed by atoms with E-state index < -0.39 is 6.29 Å². The molecule has 0 radical (unpaired) electrons. The Morgan fingerprint density at radius 1 is 1.21 bits per heavy atom. The number of halogens is 2. The molecule has 4 nitrogen and oxygen atoms in total. The van der Waals surface area contributed by atoms with Crippen LogP contribution < -0.4 is 5.32 Å². The smallest absolute Gasteiger partial charge is 0.395 e. The summed E-state index contributed by atoms with van der Waals surface area (Å²) < 4.78 is 36.7. The minimum Gasteiger partial charge on any atom is -0.395 e. The van der Waals surface area contributed by atoms with Gasteiger partial charge in [0.1, 0.15) is 5.82 Å². The third kappa shape index (κ3) is 5.42. The quantitative estimate of drug-likeness (QED) is 0.342. The summed E-state index contributed by atoms with van der Waals surface area (Å²) in [6.45, 7) is 12.7. The molecule has 5 rings (SSSR count). The Morgan fingerprint density at radius 3 is 2.74 bits per heavy atom. The first kappa shape index (κ1) is 26.9. The summed E-state index contributed by atoms with van der Waals surface area (Å²) in [5, 5.41) is 3.53. The van der Waals surface area contributed by atoms with Crippen molar-refractivity contribution in [2.75, 3.05) is 11.9 Å². The number of allylic oxidation sites excluding steroid dienone is 10. The molecule has 1 saturated carbocycles. The number of aromatic nitrogens is 1. The lowest BCUT2D eigenvalue weighted by atomic mass is 9.60. The summed E-state index contributed by atoms with van der Waals surface area (Å²) >= 11 is 0. The fraction of sp³-hybridized carbons (Fsp3) is 0.364. The molecule has 1 aliphatic heterocycles. The second kappa shape index (κ2) is 10.8. The normalized spacial score (nSPS) is 26.0. The first-order valence-electron chi connectivity index (χ1n) is 13.7. The molecule has 0 bridgehead atoms. The van der Waals surface area contributed by atoms with Crippen molar-refractivity contribution < 1.29 is 18.3 Å². The molecule has 0 amide bonds. The van der Waals surface area contributed by atoms with Crippen molar-refractivity contribution >= 4 is 17.5 Å². The van der Waals surface area contributed by atoms with E-state index in [1.807, 2.05) is 6.92 Å². The molecule has 1 aromatic heterocycles. The molecule has 0 aromatic carbocycles. The summed E-state index contributed by atoms with van der Waals surface area (Å²) in [7, 11) is 0. The summed E-state index contributed by atoms with van der Waals surface area (Å²) in [6, 6.07) is 2.12. The first-order chi connectivity index (χ1) is 18.7. The number of hydrogen-bond acceptors (Lipinski definition) is 4. The van der Waals surface area contributed by atoms with Gasteiger partial charge in [0.25, 0.3) is 0 Å². The maximum Gasteiger partial charge on any atom is 0.586 e. The van der Waals surface area contributed by atoms with Gasteiger partial charge in [0.15, 0.2) is 11.5 Å². The molecule has 0 spiro atoms. The largest absolute Gasteiger partial charge is 0.586 e. The van der Waals surface area contributed by atoms with Gasteiger partial charge >= 0.3 is 6.29 Å². The van der Waals surface area contributed by atoms with Crippen molar-refractivity contribution in [1.29, 1.82) is 0 Å². The number of anilines is 1. The molecule has 1 aromatic rings. The van der Waals surface area contributed by atoms with Crippen LogP contribution in [0.4, 0.5) is 14.6 Å². The summed E-state index contributed by atoms with van der Waals surface area (Å²) in [6.07, 6.45) is 20.3. The lowest BCUT2D eigenvalue weighted by Gasteiger charge is -2.45. The van der Waals surface area contributed by atoms with Crippen LogP contribution in [-0.2, 0) is 15.9 Å². The van der Waals surface area contributed by atoms with Crippen LogP contribution in [0.2, 0.25) is 0 Å². The van der Waals surface area contributed by atoms with Crippen LogP contribution in [0.5, 0.6) is 0 Å². The van der Waals surface area contributed by atoms with Gasteiger partial charge in [-0.1, -0.05) is 74.6 Å². The van der Waals surface area contributed by atoms with E-state index in [-0.39, 0.29) is 22.9 Å². The molecule has 4 aliphatic rings. The van der Waals surface area contributed by atoms with Crippen LogP contribution >= 0.6 is 0 Å². The number of alkyl halides is 2. The Hall–Kier alpha value is -3.67. The maximum atomic E-state index is 13.7. The van der Waals surface area contributed by atoms with Crippen molar-refractivity contribution in [2.24, 2.45) is 11.3 Å². The Labute approximate surface area is 229 Å². The average molecular weight is 531 g/mol. The van der Waals surface area contributed by atoms with Crippen molar-refractivity contribution in [3.63, 3.8) is 0 Å². The van der Waals surface area contributed by atoms with Crippen LogP contribution in [0.1, 0.15) is 62.8 Å². The third-order valence-corrected chi connectivity index (χ3v) is 8.25. The van der Waals surface area contributed by atoms with E-state index in [1.165, 1.54) is 22.8 Å². The molecular formula is C33H36F2N2O2. The Balaban J connectivity index is 1.39. The lowest BCUT2D eigenvalue weighted by Crippen LogP contribution is -2.35. The van der Waals surface area contributed by atoms with Gasteiger partial charge in [0.2, 0.25) is 0 Å². The van der Waals surface area contributed by atoms with Gasteiger partial charge in [-0.25, -0.2) is 4.98 Å². The van der Waals surface area contributed by atoms with Crippen LogP contribution in [0, 0.1) is 11.3 Å². The highest BCUT2D eigenvalue weighted by Gasteiger charge is 2.45. The van der Waals surface area contributed by atoms with E-state index in [2.05, 4.69) is 78.7 Å². The molecule has 3 aliphatic carbocycles. The molecule has 1 atom stereocenters.